The molecular formula is C8H15N3O3. The Morgan fingerprint density at radius 2 is 1.86 bits per heavy atom. The van der Waals surface area contributed by atoms with Crippen LogP contribution in [0.1, 0.15) is 12.8 Å². The number of urea groups is 1. The molecule has 0 aromatic heterocycles. The Kier molecular flexibility index (Phi) is 4.18. The van der Waals surface area contributed by atoms with E-state index in [1.165, 1.54) is 7.05 Å². The van der Waals surface area contributed by atoms with E-state index < -0.39 is 6.03 Å². The summed E-state index contributed by atoms with van der Waals surface area (Å²) in [5.41, 5.74) is 4.59. The second-order valence-corrected chi connectivity index (χ2v) is 3.08. The second kappa shape index (κ2) is 5.43. The van der Waals surface area contributed by atoms with E-state index in [-0.39, 0.29) is 11.8 Å². The first kappa shape index (κ1) is 10.8. The number of rotatable bonds is 1. The molecule has 0 saturated carbocycles. The number of ether oxygens (including phenoxy) is 1. The molecule has 3 amide bonds. The maximum atomic E-state index is 11.4. The zero-order valence-electron chi connectivity index (χ0n) is 8.13. The fourth-order valence-electron chi connectivity index (χ4n) is 1.24. The van der Waals surface area contributed by atoms with Crippen molar-refractivity contribution in [2.24, 2.45) is 5.92 Å². The normalized spacial score (nSPS) is 17.2. The average molecular weight is 201 g/mol. The van der Waals surface area contributed by atoms with Crippen LogP contribution in [0.15, 0.2) is 0 Å². The molecule has 3 N–H and O–H groups in total. The van der Waals surface area contributed by atoms with Crippen LogP contribution in [-0.2, 0) is 9.53 Å². The summed E-state index contributed by atoms with van der Waals surface area (Å²) in [7, 11) is 1.48. The number of amides is 3. The molecule has 1 aliphatic rings. The maximum Gasteiger partial charge on any atom is 0.333 e. The molecule has 1 rings (SSSR count). The molecule has 0 atom stereocenters. The van der Waals surface area contributed by atoms with Gasteiger partial charge in [0.2, 0.25) is 5.91 Å². The molecule has 6 nitrogen and oxygen atoms in total. The van der Waals surface area contributed by atoms with Crippen molar-refractivity contribution in [3.63, 3.8) is 0 Å². The number of carbonyl (C=O) groups excluding carboxylic acids is 2. The van der Waals surface area contributed by atoms with Crippen molar-refractivity contribution in [1.82, 2.24) is 16.2 Å². The maximum absolute atomic E-state index is 11.4. The number of hydrogen-bond donors (Lipinski definition) is 3. The lowest BCUT2D eigenvalue weighted by molar-refractivity contribution is -0.128. The van der Waals surface area contributed by atoms with Crippen LogP contribution in [0.2, 0.25) is 0 Å². The van der Waals surface area contributed by atoms with Crippen molar-refractivity contribution in [3.8, 4) is 0 Å². The minimum atomic E-state index is -0.426. The van der Waals surface area contributed by atoms with Gasteiger partial charge in [-0.2, -0.15) is 0 Å². The van der Waals surface area contributed by atoms with Gasteiger partial charge in [-0.15, -0.1) is 0 Å². The lowest BCUT2D eigenvalue weighted by atomic mass is 10.00. The Morgan fingerprint density at radius 3 is 2.43 bits per heavy atom. The van der Waals surface area contributed by atoms with Gasteiger partial charge >= 0.3 is 6.03 Å². The van der Waals surface area contributed by atoms with Gasteiger partial charge in [-0.25, -0.2) is 10.2 Å². The summed E-state index contributed by atoms with van der Waals surface area (Å²) in [5, 5.41) is 2.33. The third-order valence-electron chi connectivity index (χ3n) is 2.12. The van der Waals surface area contributed by atoms with Crippen molar-refractivity contribution in [1.29, 1.82) is 0 Å². The smallest absolute Gasteiger partial charge is 0.333 e. The van der Waals surface area contributed by atoms with E-state index in [1.54, 1.807) is 0 Å². The molecule has 1 saturated heterocycles. The number of hydrogen-bond acceptors (Lipinski definition) is 3. The van der Waals surface area contributed by atoms with Crippen LogP contribution >= 0.6 is 0 Å². The molecular weight excluding hydrogens is 186 g/mol. The molecule has 14 heavy (non-hydrogen) atoms. The van der Waals surface area contributed by atoms with Gasteiger partial charge in [0.25, 0.3) is 0 Å². The quantitative estimate of drug-likeness (QED) is 0.494. The van der Waals surface area contributed by atoms with Gasteiger partial charge in [0, 0.05) is 26.2 Å². The van der Waals surface area contributed by atoms with Gasteiger partial charge < -0.3 is 10.1 Å². The van der Waals surface area contributed by atoms with Gasteiger partial charge in [-0.05, 0) is 12.8 Å². The van der Waals surface area contributed by atoms with Crippen molar-refractivity contribution in [2.75, 3.05) is 20.3 Å². The summed E-state index contributed by atoms with van der Waals surface area (Å²) in [6, 6.07) is -0.426. The van der Waals surface area contributed by atoms with E-state index in [1.807, 2.05) is 0 Å². The zero-order valence-corrected chi connectivity index (χ0v) is 8.13. The molecule has 80 valence electrons. The minimum absolute atomic E-state index is 0.0547. The lowest BCUT2D eigenvalue weighted by Crippen LogP contribution is -2.48. The Morgan fingerprint density at radius 1 is 1.21 bits per heavy atom. The Labute approximate surface area is 82.3 Å². The zero-order chi connectivity index (χ0) is 10.4. The monoisotopic (exact) mass is 201 g/mol. The predicted octanol–water partition coefficient (Wildman–Crippen LogP) is -0.627. The average Bonchev–Trinajstić information content (AvgIpc) is 2.26. The first-order valence-electron chi connectivity index (χ1n) is 4.59. The highest BCUT2D eigenvalue weighted by Gasteiger charge is 2.21. The first-order chi connectivity index (χ1) is 6.74. The molecule has 0 aromatic rings. The van der Waals surface area contributed by atoms with E-state index in [4.69, 9.17) is 4.74 Å². The Bertz CT molecular complexity index is 214. The van der Waals surface area contributed by atoms with Crippen LogP contribution in [0.5, 0.6) is 0 Å². The van der Waals surface area contributed by atoms with E-state index in [2.05, 4.69) is 16.2 Å². The summed E-state index contributed by atoms with van der Waals surface area (Å²) in [5.74, 6) is -0.210. The molecule has 1 fully saturated rings. The summed E-state index contributed by atoms with van der Waals surface area (Å²) >= 11 is 0. The fraction of sp³-hybridized carbons (Fsp3) is 0.750. The van der Waals surface area contributed by atoms with E-state index in [9.17, 15) is 9.59 Å². The topological polar surface area (TPSA) is 79.5 Å². The van der Waals surface area contributed by atoms with Gasteiger partial charge in [0.15, 0.2) is 0 Å². The summed E-state index contributed by atoms with van der Waals surface area (Å²) in [6.07, 6.45) is 1.42. The molecule has 1 aliphatic heterocycles. The summed E-state index contributed by atoms with van der Waals surface area (Å²) < 4.78 is 5.12. The van der Waals surface area contributed by atoms with Crippen LogP contribution in [0.4, 0.5) is 4.79 Å². The second-order valence-electron chi connectivity index (χ2n) is 3.08. The van der Waals surface area contributed by atoms with Crippen LogP contribution in [0, 0.1) is 5.92 Å². The molecule has 0 radical (unpaired) electrons. The third-order valence-corrected chi connectivity index (χ3v) is 2.12. The van der Waals surface area contributed by atoms with Crippen LogP contribution in [0.3, 0.4) is 0 Å². The first-order valence-corrected chi connectivity index (χ1v) is 4.59. The van der Waals surface area contributed by atoms with Gasteiger partial charge in [-0.1, -0.05) is 0 Å². The van der Waals surface area contributed by atoms with Crippen molar-refractivity contribution >= 4 is 11.9 Å². The SMILES string of the molecule is CNC(=O)NNC(=O)C1CCOCC1. The Hall–Kier alpha value is -1.30. The number of nitrogens with one attached hydrogen (secondary N) is 3. The largest absolute Gasteiger partial charge is 0.381 e. The molecule has 0 bridgehead atoms. The predicted molar refractivity (Wildman–Crippen MR) is 49.3 cm³/mol. The van der Waals surface area contributed by atoms with Crippen molar-refractivity contribution in [3.05, 3.63) is 0 Å². The number of hydrazine groups is 1. The van der Waals surface area contributed by atoms with Crippen molar-refractivity contribution < 1.29 is 14.3 Å². The molecule has 0 aliphatic carbocycles. The van der Waals surface area contributed by atoms with Gasteiger partial charge in [-0.3, -0.25) is 10.2 Å². The Balaban J connectivity index is 2.23. The highest BCUT2D eigenvalue weighted by atomic mass is 16.5. The third kappa shape index (κ3) is 3.21. The van der Waals surface area contributed by atoms with Crippen LogP contribution in [-0.4, -0.2) is 32.2 Å². The standard InChI is InChI=1S/C8H15N3O3/c1-9-8(13)11-10-7(12)6-2-4-14-5-3-6/h6H,2-5H2,1H3,(H,10,12)(H2,9,11,13). The van der Waals surface area contributed by atoms with E-state index >= 15 is 0 Å². The van der Waals surface area contributed by atoms with Crippen LogP contribution < -0.4 is 16.2 Å². The summed E-state index contributed by atoms with van der Waals surface area (Å²) in [6.45, 7) is 1.22. The van der Waals surface area contributed by atoms with E-state index in [0.29, 0.717) is 26.1 Å². The van der Waals surface area contributed by atoms with Gasteiger partial charge in [0.1, 0.15) is 0 Å². The highest BCUT2D eigenvalue weighted by Crippen LogP contribution is 2.13. The lowest BCUT2D eigenvalue weighted by Gasteiger charge is -2.21. The van der Waals surface area contributed by atoms with E-state index in [0.717, 1.165) is 0 Å². The molecule has 6 heteroatoms. The van der Waals surface area contributed by atoms with Crippen molar-refractivity contribution in [2.45, 2.75) is 12.8 Å². The fourth-order valence-corrected chi connectivity index (χ4v) is 1.24. The molecule has 0 unspecified atom stereocenters. The van der Waals surface area contributed by atoms with Gasteiger partial charge in [0.05, 0.1) is 0 Å². The molecule has 0 aromatic carbocycles. The molecule has 1 heterocycles. The summed E-state index contributed by atoms with van der Waals surface area (Å²) in [4.78, 5) is 22.1. The minimum Gasteiger partial charge on any atom is -0.381 e. The van der Waals surface area contributed by atoms with Crippen LogP contribution in [0.25, 0.3) is 0 Å². The molecule has 0 spiro atoms. The number of carbonyl (C=O) groups is 2. The highest BCUT2D eigenvalue weighted by molar-refractivity contribution is 5.82.